The van der Waals surface area contributed by atoms with E-state index < -0.39 is 24.0 Å². The third kappa shape index (κ3) is 1.23. The maximum atomic E-state index is 10.8. The van der Waals surface area contributed by atoms with Gasteiger partial charge in [0.05, 0.1) is 0 Å². The molecule has 1 heterocycles. The van der Waals surface area contributed by atoms with Crippen molar-refractivity contribution >= 4 is 18.0 Å². The quantitative estimate of drug-likeness (QED) is 0.574. The number of rotatable bonds is 1. The average molecular weight is 173 g/mol. The van der Waals surface area contributed by atoms with E-state index in [1.165, 1.54) is 0 Å². The molecule has 0 aromatic carbocycles. The fourth-order valence-corrected chi connectivity index (χ4v) is 0.951. The topological polar surface area (TPSA) is 83.9 Å². The first-order valence-corrected chi connectivity index (χ1v) is 3.23. The minimum absolute atomic E-state index is 0.270. The maximum absolute atomic E-state index is 10.8. The minimum atomic E-state index is -1.24. The van der Waals surface area contributed by atoms with Gasteiger partial charge in [0.1, 0.15) is 6.61 Å². The van der Waals surface area contributed by atoms with E-state index in [-0.39, 0.29) is 6.61 Å². The summed E-state index contributed by atoms with van der Waals surface area (Å²) in [6.45, 7) is 0.844. The van der Waals surface area contributed by atoms with Crippen molar-refractivity contribution in [3.63, 3.8) is 0 Å². The van der Waals surface area contributed by atoms with Crippen LogP contribution in [0.3, 0.4) is 0 Å². The van der Waals surface area contributed by atoms with Crippen molar-refractivity contribution in [3.8, 4) is 0 Å². The predicted octanol–water partition coefficient (Wildman–Crippen LogP) is -0.562. The summed E-state index contributed by atoms with van der Waals surface area (Å²) in [7, 11) is 0. The van der Waals surface area contributed by atoms with Crippen molar-refractivity contribution in [1.29, 1.82) is 0 Å². The van der Waals surface area contributed by atoms with Gasteiger partial charge < -0.3 is 9.84 Å². The lowest BCUT2D eigenvalue weighted by atomic mass is 10.3. The lowest BCUT2D eigenvalue weighted by molar-refractivity contribution is -0.145. The predicted molar refractivity (Wildman–Crippen MR) is 35.3 cm³/mol. The number of cyclic esters (lactones) is 1. The molecular weight excluding hydrogens is 166 g/mol. The zero-order valence-corrected chi connectivity index (χ0v) is 6.31. The molecule has 0 aromatic rings. The highest BCUT2D eigenvalue weighted by Gasteiger charge is 2.40. The molecule has 0 spiro atoms. The van der Waals surface area contributed by atoms with Crippen LogP contribution < -0.4 is 0 Å². The van der Waals surface area contributed by atoms with Gasteiger partial charge in [0.15, 0.2) is 6.04 Å². The summed E-state index contributed by atoms with van der Waals surface area (Å²) in [4.78, 5) is 32.5. The molecule has 1 atom stereocenters. The summed E-state index contributed by atoms with van der Waals surface area (Å²) in [6.07, 6.45) is -0.894. The number of hydrogen-bond donors (Lipinski definition) is 1. The van der Waals surface area contributed by atoms with Crippen LogP contribution in [0, 0.1) is 0 Å². The summed E-state index contributed by atoms with van der Waals surface area (Å²) in [5.41, 5.74) is 0. The molecule has 0 saturated carbocycles. The number of carbonyl (C=O) groups is 3. The third-order valence-electron chi connectivity index (χ3n) is 1.50. The van der Waals surface area contributed by atoms with E-state index in [0.717, 1.165) is 6.92 Å². The molecule has 66 valence electrons. The van der Waals surface area contributed by atoms with E-state index in [1.807, 2.05) is 0 Å². The number of aliphatic carboxylic acids is 1. The Morgan fingerprint density at radius 3 is 2.58 bits per heavy atom. The van der Waals surface area contributed by atoms with Crippen molar-refractivity contribution in [2.24, 2.45) is 0 Å². The summed E-state index contributed by atoms with van der Waals surface area (Å²) in [5, 5.41) is 8.52. The number of imide groups is 1. The monoisotopic (exact) mass is 173 g/mol. The van der Waals surface area contributed by atoms with Crippen LogP contribution in [0.25, 0.3) is 0 Å². The molecule has 0 aliphatic carbocycles. The standard InChI is InChI=1S/C6H7NO5/c1-3(8)7-4(5(9)10)2-12-6(7)11/h4H,2H2,1H3,(H,9,10)/t4-/m0/s1. The van der Waals surface area contributed by atoms with Crippen molar-refractivity contribution in [1.82, 2.24) is 4.90 Å². The number of ether oxygens (including phenoxy) is 1. The van der Waals surface area contributed by atoms with Gasteiger partial charge in [-0.2, -0.15) is 0 Å². The molecule has 1 aliphatic heterocycles. The van der Waals surface area contributed by atoms with E-state index in [2.05, 4.69) is 4.74 Å². The second-order valence-electron chi connectivity index (χ2n) is 2.32. The molecule has 1 rings (SSSR count). The highest BCUT2D eigenvalue weighted by atomic mass is 16.6. The van der Waals surface area contributed by atoms with Crippen LogP contribution in [-0.4, -0.2) is 40.6 Å². The Bertz CT molecular complexity index is 248. The van der Waals surface area contributed by atoms with Gasteiger partial charge >= 0.3 is 12.1 Å². The summed E-state index contributed by atoms with van der Waals surface area (Å²) in [5.74, 6) is -1.86. The third-order valence-corrected chi connectivity index (χ3v) is 1.50. The molecule has 6 heteroatoms. The van der Waals surface area contributed by atoms with Crippen LogP contribution in [0.5, 0.6) is 0 Å². The minimum Gasteiger partial charge on any atom is -0.480 e. The molecule has 2 amide bonds. The number of carboxylic acids is 1. The van der Waals surface area contributed by atoms with Gasteiger partial charge in [-0.3, -0.25) is 4.79 Å². The Balaban J connectivity index is 2.84. The molecule has 1 saturated heterocycles. The van der Waals surface area contributed by atoms with Crippen molar-refractivity contribution in [2.45, 2.75) is 13.0 Å². The molecule has 1 fully saturated rings. The molecule has 1 N–H and O–H groups in total. The molecule has 0 unspecified atom stereocenters. The van der Waals surface area contributed by atoms with Crippen LogP contribution in [0.4, 0.5) is 4.79 Å². The zero-order chi connectivity index (χ0) is 9.30. The van der Waals surface area contributed by atoms with Gasteiger partial charge in [-0.1, -0.05) is 0 Å². The fraction of sp³-hybridized carbons (Fsp3) is 0.500. The van der Waals surface area contributed by atoms with Gasteiger partial charge in [-0.05, 0) is 0 Å². The van der Waals surface area contributed by atoms with Gasteiger partial charge in [-0.25, -0.2) is 14.5 Å². The van der Waals surface area contributed by atoms with E-state index in [4.69, 9.17) is 5.11 Å². The lowest BCUT2D eigenvalue weighted by Gasteiger charge is -2.12. The van der Waals surface area contributed by atoms with Gasteiger partial charge in [0.2, 0.25) is 5.91 Å². The molecule has 0 radical (unpaired) electrons. The van der Waals surface area contributed by atoms with Crippen molar-refractivity contribution in [2.75, 3.05) is 6.61 Å². The summed E-state index contributed by atoms with van der Waals surface area (Å²) < 4.78 is 4.39. The van der Waals surface area contributed by atoms with Crippen molar-refractivity contribution < 1.29 is 24.2 Å². The first-order chi connectivity index (χ1) is 5.54. The molecule has 6 nitrogen and oxygen atoms in total. The highest BCUT2D eigenvalue weighted by molar-refractivity contribution is 5.97. The molecule has 1 aliphatic rings. The van der Waals surface area contributed by atoms with E-state index in [0.29, 0.717) is 4.90 Å². The number of carbonyl (C=O) groups excluding carboxylic acids is 2. The number of amides is 2. The number of hydrogen-bond acceptors (Lipinski definition) is 4. The molecule has 0 bridgehead atoms. The Hall–Kier alpha value is -1.59. The van der Waals surface area contributed by atoms with Crippen LogP contribution >= 0.6 is 0 Å². The largest absolute Gasteiger partial charge is 0.480 e. The molecule has 12 heavy (non-hydrogen) atoms. The number of carboxylic acid groups (broad SMARTS) is 1. The normalized spacial score (nSPS) is 22.2. The van der Waals surface area contributed by atoms with E-state index in [1.54, 1.807) is 0 Å². The second-order valence-corrected chi connectivity index (χ2v) is 2.32. The van der Waals surface area contributed by atoms with Crippen LogP contribution in [-0.2, 0) is 14.3 Å². The van der Waals surface area contributed by atoms with Crippen LogP contribution in [0.2, 0.25) is 0 Å². The first-order valence-electron chi connectivity index (χ1n) is 3.23. The van der Waals surface area contributed by atoms with Crippen molar-refractivity contribution in [3.05, 3.63) is 0 Å². The zero-order valence-electron chi connectivity index (χ0n) is 6.31. The SMILES string of the molecule is CC(=O)N1C(=O)OC[C@H]1C(=O)O. The first kappa shape index (κ1) is 8.51. The van der Waals surface area contributed by atoms with Gasteiger partial charge in [0.25, 0.3) is 0 Å². The average Bonchev–Trinajstić information content (AvgIpc) is 2.30. The van der Waals surface area contributed by atoms with E-state index in [9.17, 15) is 14.4 Å². The second kappa shape index (κ2) is 2.80. The smallest absolute Gasteiger partial charge is 0.417 e. The fourth-order valence-electron chi connectivity index (χ4n) is 0.951. The Morgan fingerprint density at radius 1 is 1.67 bits per heavy atom. The lowest BCUT2D eigenvalue weighted by Crippen LogP contribution is -2.42. The van der Waals surface area contributed by atoms with Gasteiger partial charge in [0, 0.05) is 6.92 Å². The van der Waals surface area contributed by atoms with Crippen LogP contribution in [0.1, 0.15) is 6.92 Å². The van der Waals surface area contributed by atoms with Crippen LogP contribution in [0.15, 0.2) is 0 Å². The Morgan fingerprint density at radius 2 is 2.25 bits per heavy atom. The maximum Gasteiger partial charge on any atom is 0.417 e. The Labute approximate surface area is 67.7 Å². The highest BCUT2D eigenvalue weighted by Crippen LogP contribution is 2.12. The number of nitrogens with zero attached hydrogens (tertiary/aromatic N) is 1. The summed E-state index contributed by atoms with van der Waals surface area (Å²) >= 11 is 0. The Kier molecular flexibility index (Phi) is 1.99. The molecule has 0 aromatic heterocycles. The summed E-state index contributed by atoms with van der Waals surface area (Å²) in [6, 6.07) is -1.17. The van der Waals surface area contributed by atoms with Gasteiger partial charge in [-0.15, -0.1) is 0 Å². The van der Waals surface area contributed by atoms with E-state index >= 15 is 0 Å². The molecular formula is C6H7NO5.